The normalized spacial score (nSPS) is 22.8. The predicted octanol–water partition coefficient (Wildman–Crippen LogP) is 7.94. The average molecular weight is 633 g/mol. The van der Waals surface area contributed by atoms with Crippen molar-refractivity contribution in [2.75, 3.05) is 6.54 Å². The third kappa shape index (κ3) is 6.90. The summed E-state index contributed by atoms with van der Waals surface area (Å²) >= 11 is 0. The van der Waals surface area contributed by atoms with Gasteiger partial charge in [0.1, 0.15) is 6.10 Å². The number of hydrogen-bond acceptors (Lipinski definition) is 6. The molecular formula is C41H48N2O4. The quantitative estimate of drug-likeness (QED) is 0.0936. The molecule has 0 saturated heterocycles. The van der Waals surface area contributed by atoms with Crippen molar-refractivity contribution in [1.82, 2.24) is 5.32 Å². The summed E-state index contributed by atoms with van der Waals surface area (Å²) in [6, 6.07) is 33.9. The molecule has 0 aliphatic heterocycles. The van der Waals surface area contributed by atoms with E-state index in [-0.39, 0.29) is 12.0 Å². The number of esters is 2. The van der Waals surface area contributed by atoms with Crippen LogP contribution in [0.3, 0.4) is 0 Å². The summed E-state index contributed by atoms with van der Waals surface area (Å²) in [6.45, 7) is 9.23. The van der Waals surface area contributed by atoms with Crippen LogP contribution in [0.15, 0.2) is 109 Å². The summed E-state index contributed by atoms with van der Waals surface area (Å²) in [5, 5.41) is 3.82. The summed E-state index contributed by atoms with van der Waals surface area (Å²) in [5.74, 6) is -1.25. The van der Waals surface area contributed by atoms with Gasteiger partial charge < -0.3 is 20.5 Å². The molecule has 6 atom stereocenters. The van der Waals surface area contributed by atoms with Gasteiger partial charge in [-0.25, -0.2) is 9.59 Å². The number of carbonyl (C=O) groups excluding carboxylic acids is 2. The molecule has 47 heavy (non-hydrogen) atoms. The minimum absolute atomic E-state index is 0.205. The van der Waals surface area contributed by atoms with E-state index >= 15 is 0 Å². The van der Waals surface area contributed by atoms with Crippen molar-refractivity contribution >= 4 is 11.9 Å². The Labute approximate surface area is 279 Å². The van der Waals surface area contributed by atoms with Gasteiger partial charge in [0.05, 0.1) is 16.5 Å². The summed E-state index contributed by atoms with van der Waals surface area (Å²) in [4.78, 5) is 28.2. The number of rotatable bonds is 12. The van der Waals surface area contributed by atoms with Gasteiger partial charge in [0.25, 0.3) is 0 Å². The van der Waals surface area contributed by atoms with Gasteiger partial charge in [0.15, 0.2) is 6.10 Å². The summed E-state index contributed by atoms with van der Waals surface area (Å²) in [6.07, 6.45) is 1.69. The maximum Gasteiger partial charge on any atom is 0.338 e. The average Bonchev–Trinajstić information content (AvgIpc) is 3.17. The second-order valence-corrected chi connectivity index (χ2v) is 12.7. The molecule has 0 aromatic heterocycles. The summed E-state index contributed by atoms with van der Waals surface area (Å²) < 4.78 is 13.4. The Morgan fingerprint density at radius 3 is 1.91 bits per heavy atom. The van der Waals surface area contributed by atoms with Crippen molar-refractivity contribution < 1.29 is 19.1 Å². The van der Waals surface area contributed by atoms with Gasteiger partial charge in [-0.05, 0) is 72.8 Å². The first kappa shape index (κ1) is 34.1. The number of carbonyl (C=O) groups is 2. The first-order chi connectivity index (χ1) is 22.8. The van der Waals surface area contributed by atoms with Crippen molar-refractivity contribution in [3.05, 3.63) is 143 Å². The highest BCUT2D eigenvalue weighted by Crippen LogP contribution is 2.52. The molecular weight excluding hydrogens is 584 g/mol. The first-order valence-corrected chi connectivity index (χ1v) is 17.0. The number of fused-ring (bicyclic) bond motifs is 1. The largest absolute Gasteiger partial charge is 0.454 e. The van der Waals surface area contributed by atoms with Crippen LogP contribution in [0, 0.1) is 12.8 Å². The molecule has 3 N–H and O–H groups in total. The topological polar surface area (TPSA) is 90.7 Å². The van der Waals surface area contributed by atoms with Crippen LogP contribution in [-0.4, -0.2) is 36.7 Å². The number of hydrogen-bond donors (Lipinski definition) is 2. The number of unbranched alkanes of at least 4 members (excludes halogenated alkanes) is 1. The van der Waals surface area contributed by atoms with Crippen molar-refractivity contribution in [1.29, 1.82) is 0 Å². The van der Waals surface area contributed by atoms with Crippen LogP contribution in [0.5, 0.6) is 0 Å². The van der Waals surface area contributed by atoms with Gasteiger partial charge in [0.2, 0.25) is 0 Å². The SMILES string of the molecule is CCCCN[C@@H]1c2ccccc2[C@](c2ccccc2C)(C(N)CCC)[C@H](OC(=O)c2ccccc2)[C@H](OC(=O)c2ccccc2)C1C. The highest BCUT2D eigenvalue weighted by Gasteiger charge is 2.59. The van der Waals surface area contributed by atoms with Crippen molar-refractivity contribution in [2.45, 2.75) is 83.1 Å². The summed E-state index contributed by atoms with van der Waals surface area (Å²) in [5.41, 5.74) is 11.3. The van der Waals surface area contributed by atoms with Crippen LogP contribution in [0.4, 0.5) is 0 Å². The van der Waals surface area contributed by atoms with E-state index in [1.165, 1.54) is 0 Å². The molecule has 5 rings (SSSR count). The van der Waals surface area contributed by atoms with Gasteiger partial charge >= 0.3 is 11.9 Å². The van der Waals surface area contributed by atoms with Gasteiger partial charge in [-0.1, -0.05) is 119 Å². The van der Waals surface area contributed by atoms with Crippen LogP contribution in [-0.2, 0) is 14.9 Å². The minimum Gasteiger partial charge on any atom is -0.454 e. The molecule has 6 nitrogen and oxygen atoms in total. The lowest BCUT2D eigenvalue weighted by atomic mass is 9.62. The lowest BCUT2D eigenvalue weighted by Crippen LogP contribution is -2.61. The lowest BCUT2D eigenvalue weighted by molar-refractivity contribution is -0.0813. The van der Waals surface area contributed by atoms with E-state index in [4.69, 9.17) is 15.2 Å². The van der Waals surface area contributed by atoms with Gasteiger partial charge in [-0.3, -0.25) is 0 Å². The third-order valence-corrected chi connectivity index (χ3v) is 9.70. The van der Waals surface area contributed by atoms with E-state index in [0.717, 1.165) is 48.1 Å². The minimum atomic E-state index is -1.06. The highest BCUT2D eigenvalue weighted by molar-refractivity contribution is 5.90. The second-order valence-electron chi connectivity index (χ2n) is 12.7. The Hall–Kier alpha value is -4.26. The number of ether oxygens (including phenoxy) is 2. The zero-order valence-electron chi connectivity index (χ0n) is 28.0. The van der Waals surface area contributed by atoms with E-state index in [1.807, 2.05) is 54.6 Å². The Kier molecular flexibility index (Phi) is 11.3. The molecule has 4 aromatic rings. The van der Waals surface area contributed by atoms with E-state index in [2.05, 4.69) is 63.3 Å². The van der Waals surface area contributed by atoms with Crippen LogP contribution >= 0.6 is 0 Å². The fourth-order valence-electron chi connectivity index (χ4n) is 7.37. The Balaban J connectivity index is 1.83. The fraction of sp³-hybridized carbons (Fsp3) is 0.366. The molecule has 4 aromatic carbocycles. The highest BCUT2D eigenvalue weighted by atomic mass is 16.6. The smallest absolute Gasteiger partial charge is 0.338 e. The van der Waals surface area contributed by atoms with E-state index in [9.17, 15) is 9.59 Å². The maximum absolute atomic E-state index is 14.2. The van der Waals surface area contributed by atoms with Gasteiger partial charge in [0, 0.05) is 18.0 Å². The summed E-state index contributed by atoms with van der Waals surface area (Å²) in [7, 11) is 0. The molecule has 0 bridgehead atoms. The Morgan fingerprint density at radius 1 is 0.766 bits per heavy atom. The molecule has 0 heterocycles. The zero-order chi connectivity index (χ0) is 33.4. The van der Waals surface area contributed by atoms with E-state index in [1.54, 1.807) is 24.3 Å². The molecule has 6 heteroatoms. The van der Waals surface area contributed by atoms with Crippen LogP contribution in [0.25, 0.3) is 0 Å². The standard InChI is InChI=1S/C41H48N2O4/c1-5-7-27-43-36-29(4)37(46-39(44)30-20-10-8-11-21-30)38(47-40(45)31-22-12-9-13-23-31)41(35(42)18-6-2,33-25-16-14-19-28(33)3)34-26-17-15-24-32(34)36/h8-17,19-26,29,35-38,43H,5-7,18,27,42H2,1-4H3/t29?,35?,36-,37+,38+,41+/m0/s1. The molecule has 0 spiro atoms. The molecule has 1 aliphatic rings. The van der Waals surface area contributed by atoms with E-state index in [0.29, 0.717) is 17.5 Å². The van der Waals surface area contributed by atoms with Crippen LogP contribution < -0.4 is 11.1 Å². The fourth-order valence-corrected chi connectivity index (χ4v) is 7.37. The Morgan fingerprint density at radius 2 is 1.32 bits per heavy atom. The molecule has 0 saturated carbocycles. The lowest BCUT2D eigenvalue weighted by Gasteiger charge is -2.48. The van der Waals surface area contributed by atoms with Crippen LogP contribution in [0.2, 0.25) is 0 Å². The predicted molar refractivity (Wildman–Crippen MR) is 187 cm³/mol. The van der Waals surface area contributed by atoms with Crippen molar-refractivity contribution in [3.8, 4) is 0 Å². The van der Waals surface area contributed by atoms with Crippen LogP contribution in [0.1, 0.15) is 95.5 Å². The van der Waals surface area contributed by atoms with Crippen molar-refractivity contribution in [2.24, 2.45) is 11.7 Å². The van der Waals surface area contributed by atoms with Crippen molar-refractivity contribution in [3.63, 3.8) is 0 Å². The monoisotopic (exact) mass is 632 g/mol. The molecule has 0 radical (unpaired) electrons. The number of nitrogens with one attached hydrogen (secondary N) is 1. The molecule has 0 fully saturated rings. The molecule has 2 unspecified atom stereocenters. The second kappa shape index (κ2) is 15.6. The number of aryl methyl sites for hydroxylation is 1. The molecule has 0 amide bonds. The van der Waals surface area contributed by atoms with E-state index < -0.39 is 35.6 Å². The molecule has 1 aliphatic carbocycles. The zero-order valence-corrected chi connectivity index (χ0v) is 28.0. The first-order valence-electron chi connectivity index (χ1n) is 17.0. The van der Waals surface area contributed by atoms with Gasteiger partial charge in [-0.2, -0.15) is 0 Å². The number of nitrogens with two attached hydrogens (primary N) is 1. The molecule has 246 valence electrons. The third-order valence-electron chi connectivity index (χ3n) is 9.70. The van der Waals surface area contributed by atoms with Gasteiger partial charge in [-0.15, -0.1) is 0 Å². The number of benzene rings is 4. The Bertz CT molecular complexity index is 1630. The maximum atomic E-state index is 14.2.